The van der Waals surface area contributed by atoms with Crippen molar-refractivity contribution in [1.29, 1.82) is 0 Å². The third kappa shape index (κ3) is 5.43. The third-order valence-corrected chi connectivity index (χ3v) is 4.14. The van der Waals surface area contributed by atoms with Gasteiger partial charge >= 0.3 is 0 Å². The molecule has 1 aromatic carbocycles. The monoisotopic (exact) mass is 319 g/mol. The fourth-order valence-electron chi connectivity index (χ4n) is 2.81. The van der Waals surface area contributed by atoms with E-state index in [9.17, 15) is 5.11 Å². The van der Waals surface area contributed by atoms with Crippen molar-refractivity contribution in [3.63, 3.8) is 0 Å². The van der Waals surface area contributed by atoms with E-state index in [-0.39, 0.29) is 5.75 Å². The number of benzene rings is 1. The summed E-state index contributed by atoms with van der Waals surface area (Å²) in [6, 6.07) is 7.76. The molecule has 23 heavy (non-hydrogen) atoms. The molecule has 0 saturated carbocycles. The average molecular weight is 319 g/mol. The minimum Gasteiger partial charge on any atom is -0.506 e. The number of aromatic hydroxyl groups is 1. The second-order valence-corrected chi connectivity index (χ2v) is 5.94. The topological polar surface area (TPSA) is 57.1 Å². The van der Waals surface area contributed by atoms with Crippen LogP contribution in [0.5, 0.6) is 5.75 Å². The second kappa shape index (κ2) is 9.40. The molecule has 1 atom stereocenters. The SMILES string of the molecule is CCOCCCN=C(Nc1ccccc1O)N1CCCCC1C. The van der Waals surface area contributed by atoms with E-state index in [1.54, 1.807) is 6.07 Å². The normalized spacial score (nSPS) is 19.0. The minimum absolute atomic E-state index is 0.249. The molecule has 5 heteroatoms. The summed E-state index contributed by atoms with van der Waals surface area (Å²) in [5.74, 6) is 1.11. The Morgan fingerprint density at radius 1 is 1.39 bits per heavy atom. The van der Waals surface area contributed by atoms with Crippen molar-refractivity contribution in [2.45, 2.75) is 45.6 Å². The van der Waals surface area contributed by atoms with Crippen LogP contribution in [-0.4, -0.2) is 48.3 Å². The Kier molecular flexibility index (Phi) is 7.20. The maximum Gasteiger partial charge on any atom is 0.198 e. The van der Waals surface area contributed by atoms with Gasteiger partial charge in [0.15, 0.2) is 5.96 Å². The molecule has 0 aromatic heterocycles. The summed E-state index contributed by atoms with van der Waals surface area (Å²) in [5, 5.41) is 13.3. The number of aliphatic imine (C=N–C) groups is 1. The molecule has 2 N–H and O–H groups in total. The van der Waals surface area contributed by atoms with Crippen molar-refractivity contribution in [1.82, 2.24) is 4.90 Å². The van der Waals surface area contributed by atoms with Crippen molar-refractivity contribution in [3.8, 4) is 5.75 Å². The zero-order valence-corrected chi connectivity index (χ0v) is 14.3. The first-order valence-corrected chi connectivity index (χ1v) is 8.66. The highest BCUT2D eigenvalue weighted by Gasteiger charge is 2.22. The lowest BCUT2D eigenvalue weighted by Crippen LogP contribution is -2.45. The number of anilines is 1. The van der Waals surface area contributed by atoms with E-state index < -0.39 is 0 Å². The Bertz CT molecular complexity index is 505. The first-order valence-electron chi connectivity index (χ1n) is 8.66. The highest BCUT2D eigenvalue weighted by atomic mass is 16.5. The van der Waals surface area contributed by atoms with Crippen LogP contribution in [0, 0.1) is 0 Å². The standard InChI is InChI=1S/C18H29N3O2/c1-3-23-14-8-12-19-18(21-13-7-6-9-15(21)2)20-16-10-4-5-11-17(16)22/h4-5,10-11,15,22H,3,6-9,12-14H2,1-2H3,(H,19,20). The fraction of sp³-hybridized carbons (Fsp3) is 0.611. The van der Waals surface area contributed by atoms with Crippen LogP contribution in [0.1, 0.15) is 39.5 Å². The van der Waals surface area contributed by atoms with Crippen molar-refractivity contribution in [3.05, 3.63) is 24.3 Å². The van der Waals surface area contributed by atoms with Gasteiger partial charge in [0.2, 0.25) is 0 Å². The van der Waals surface area contributed by atoms with Crippen LogP contribution in [0.4, 0.5) is 5.69 Å². The molecule has 1 unspecified atom stereocenters. The number of phenolic OH excluding ortho intramolecular Hbond substituents is 1. The van der Waals surface area contributed by atoms with Gasteiger partial charge < -0.3 is 20.1 Å². The molecule has 1 saturated heterocycles. The van der Waals surface area contributed by atoms with Gasteiger partial charge in [0, 0.05) is 32.3 Å². The quantitative estimate of drug-likeness (QED) is 0.365. The van der Waals surface area contributed by atoms with Gasteiger partial charge in [-0.15, -0.1) is 0 Å². The van der Waals surface area contributed by atoms with Gasteiger partial charge in [-0.1, -0.05) is 12.1 Å². The molecule has 1 aliphatic rings. The number of phenols is 1. The van der Waals surface area contributed by atoms with Gasteiger partial charge in [0.1, 0.15) is 5.75 Å². The van der Waals surface area contributed by atoms with Crippen LogP contribution in [-0.2, 0) is 4.74 Å². The Morgan fingerprint density at radius 3 is 2.96 bits per heavy atom. The summed E-state index contributed by atoms with van der Waals surface area (Å²) in [5.41, 5.74) is 0.703. The number of likely N-dealkylation sites (tertiary alicyclic amines) is 1. The number of rotatable bonds is 6. The van der Waals surface area contributed by atoms with Crippen molar-refractivity contribution in [2.24, 2.45) is 4.99 Å². The Labute approximate surface area is 139 Å². The number of guanidine groups is 1. The molecule has 1 aromatic rings. The number of nitrogens with zero attached hydrogens (tertiary/aromatic N) is 2. The van der Waals surface area contributed by atoms with E-state index >= 15 is 0 Å². The average Bonchev–Trinajstić information content (AvgIpc) is 2.56. The number of nitrogens with one attached hydrogen (secondary N) is 1. The second-order valence-electron chi connectivity index (χ2n) is 5.94. The zero-order valence-electron chi connectivity index (χ0n) is 14.3. The number of ether oxygens (including phenoxy) is 1. The lowest BCUT2D eigenvalue weighted by molar-refractivity contribution is 0.146. The van der Waals surface area contributed by atoms with E-state index in [0.29, 0.717) is 11.7 Å². The molecule has 5 nitrogen and oxygen atoms in total. The molecule has 0 amide bonds. The number of hydrogen-bond acceptors (Lipinski definition) is 3. The molecular weight excluding hydrogens is 290 g/mol. The van der Waals surface area contributed by atoms with Gasteiger partial charge in [-0.05, 0) is 51.7 Å². The summed E-state index contributed by atoms with van der Waals surface area (Å²) >= 11 is 0. The van der Waals surface area contributed by atoms with Crippen LogP contribution in [0.2, 0.25) is 0 Å². The van der Waals surface area contributed by atoms with E-state index in [1.807, 2.05) is 25.1 Å². The molecule has 0 spiro atoms. The Balaban J connectivity index is 2.07. The van der Waals surface area contributed by atoms with Crippen molar-refractivity contribution < 1.29 is 9.84 Å². The van der Waals surface area contributed by atoms with Crippen molar-refractivity contribution >= 4 is 11.6 Å². The number of piperidine rings is 1. The molecule has 1 aliphatic heterocycles. The molecule has 1 heterocycles. The molecule has 0 radical (unpaired) electrons. The highest BCUT2D eigenvalue weighted by molar-refractivity contribution is 5.95. The van der Waals surface area contributed by atoms with E-state index in [0.717, 1.165) is 38.7 Å². The van der Waals surface area contributed by atoms with Crippen LogP contribution < -0.4 is 5.32 Å². The lowest BCUT2D eigenvalue weighted by Gasteiger charge is -2.36. The van der Waals surface area contributed by atoms with Gasteiger partial charge in [-0.25, -0.2) is 0 Å². The smallest absolute Gasteiger partial charge is 0.198 e. The Hall–Kier alpha value is -1.75. The van der Waals surface area contributed by atoms with Crippen LogP contribution in [0.3, 0.4) is 0 Å². The van der Waals surface area contributed by atoms with Crippen LogP contribution >= 0.6 is 0 Å². The minimum atomic E-state index is 0.249. The summed E-state index contributed by atoms with van der Waals surface area (Å²) < 4.78 is 5.38. The Morgan fingerprint density at radius 2 is 2.22 bits per heavy atom. The van der Waals surface area contributed by atoms with Gasteiger partial charge in [-0.2, -0.15) is 0 Å². The van der Waals surface area contributed by atoms with E-state index in [2.05, 4.69) is 17.1 Å². The van der Waals surface area contributed by atoms with Crippen LogP contribution in [0.15, 0.2) is 29.3 Å². The molecule has 0 aliphatic carbocycles. The predicted molar refractivity (Wildman–Crippen MR) is 95.2 cm³/mol. The van der Waals surface area contributed by atoms with E-state index in [1.165, 1.54) is 19.3 Å². The van der Waals surface area contributed by atoms with Crippen LogP contribution in [0.25, 0.3) is 0 Å². The maximum absolute atomic E-state index is 10.0. The largest absolute Gasteiger partial charge is 0.506 e. The van der Waals surface area contributed by atoms with Gasteiger partial charge in [0.05, 0.1) is 5.69 Å². The zero-order chi connectivity index (χ0) is 16.5. The molecular formula is C18H29N3O2. The summed E-state index contributed by atoms with van der Waals surface area (Å²) in [6.07, 6.45) is 4.54. The fourth-order valence-corrected chi connectivity index (χ4v) is 2.81. The lowest BCUT2D eigenvalue weighted by atomic mass is 10.0. The summed E-state index contributed by atoms with van der Waals surface area (Å²) in [6.45, 7) is 7.45. The third-order valence-electron chi connectivity index (χ3n) is 4.14. The first kappa shape index (κ1) is 17.6. The summed E-state index contributed by atoms with van der Waals surface area (Å²) in [4.78, 5) is 7.06. The maximum atomic E-state index is 10.0. The van der Waals surface area contributed by atoms with Gasteiger partial charge in [0.25, 0.3) is 0 Å². The summed E-state index contributed by atoms with van der Waals surface area (Å²) in [7, 11) is 0. The number of para-hydroxylation sites is 2. The van der Waals surface area contributed by atoms with Crippen molar-refractivity contribution in [2.75, 3.05) is 31.6 Å². The molecule has 128 valence electrons. The molecule has 0 bridgehead atoms. The van der Waals surface area contributed by atoms with Gasteiger partial charge in [-0.3, -0.25) is 4.99 Å². The number of hydrogen-bond donors (Lipinski definition) is 2. The van der Waals surface area contributed by atoms with E-state index in [4.69, 9.17) is 9.73 Å². The predicted octanol–water partition coefficient (Wildman–Crippen LogP) is 3.46. The molecule has 1 fully saturated rings. The highest BCUT2D eigenvalue weighted by Crippen LogP contribution is 2.24. The molecule has 2 rings (SSSR count). The first-order chi connectivity index (χ1) is 11.2.